The van der Waals surface area contributed by atoms with Gasteiger partial charge in [-0.05, 0) is 55.8 Å². The summed E-state index contributed by atoms with van der Waals surface area (Å²) in [5.41, 5.74) is 1.75. The van der Waals surface area contributed by atoms with Crippen molar-refractivity contribution < 1.29 is 9.18 Å². The molecule has 0 aliphatic heterocycles. The molecule has 1 N–H and O–H groups in total. The Hall–Kier alpha value is -2.66. The molecular weight excluding hydrogens is 353 g/mol. The Morgan fingerprint density at radius 3 is 2.58 bits per heavy atom. The van der Waals surface area contributed by atoms with Crippen molar-refractivity contribution in [2.24, 2.45) is 0 Å². The van der Waals surface area contributed by atoms with Crippen LogP contribution in [-0.4, -0.2) is 21.7 Å². The zero-order chi connectivity index (χ0) is 18.7. The van der Waals surface area contributed by atoms with Crippen LogP contribution in [0.2, 0.25) is 5.02 Å². The van der Waals surface area contributed by atoms with Crippen LogP contribution in [0.25, 0.3) is 16.9 Å². The number of aromatic nitrogens is 2. The highest BCUT2D eigenvalue weighted by atomic mass is 35.5. The summed E-state index contributed by atoms with van der Waals surface area (Å²) in [5.74, 6) is -0.647. The molecule has 0 bridgehead atoms. The molecule has 0 aliphatic carbocycles. The zero-order valence-electron chi connectivity index (χ0n) is 14.5. The van der Waals surface area contributed by atoms with Crippen LogP contribution >= 0.6 is 11.6 Å². The number of hydrogen-bond acceptors (Lipinski definition) is 2. The summed E-state index contributed by atoms with van der Waals surface area (Å²) in [7, 11) is 0. The van der Waals surface area contributed by atoms with Crippen LogP contribution in [0, 0.1) is 5.82 Å². The molecule has 3 aromatic rings. The highest BCUT2D eigenvalue weighted by molar-refractivity contribution is 6.30. The van der Waals surface area contributed by atoms with E-state index in [0.29, 0.717) is 27.7 Å². The van der Waals surface area contributed by atoms with Gasteiger partial charge in [-0.1, -0.05) is 30.7 Å². The predicted octanol–water partition coefficient (Wildman–Crippen LogP) is 4.86. The highest BCUT2D eigenvalue weighted by Gasteiger charge is 2.20. The third-order valence-electron chi connectivity index (χ3n) is 4.15. The molecule has 0 saturated carbocycles. The SMILES string of the molecule is CC[C@H](C)NC(=O)c1cc(-c2ccccc2F)nn1-c1ccc(Cl)cc1. The number of hydrogen-bond donors (Lipinski definition) is 1. The van der Waals surface area contributed by atoms with Crippen molar-refractivity contribution in [3.05, 3.63) is 71.1 Å². The lowest BCUT2D eigenvalue weighted by molar-refractivity contribution is 0.0931. The normalized spacial score (nSPS) is 12.0. The van der Waals surface area contributed by atoms with Crippen molar-refractivity contribution >= 4 is 17.5 Å². The second kappa shape index (κ2) is 7.70. The Morgan fingerprint density at radius 1 is 1.23 bits per heavy atom. The summed E-state index contributed by atoms with van der Waals surface area (Å²) in [4.78, 5) is 12.7. The fourth-order valence-electron chi connectivity index (χ4n) is 2.52. The summed E-state index contributed by atoms with van der Waals surface area (Å²) in [6, 6.07) is 15.0. The maximum atomic E-state index is 14.2. The first-order valence-electron chi connectivity index (χ1n) is 8.41. The molecule has 1 aromatic heterocycles. The highest BCUT2D eigenvalue weighted by Crippen LogP contribution is 2.25. The molecule has 6 heteroatoms. The van der Waals surface area contributed by atoms with Gasteiger partial charge in [0.2, 0.25) is 0 Å². The summed E-state index contributed by atoms with van der Waals surface area (Å²) < 4.78 is 15.7. The minimum absolute atomic E-state index is 0.0213. The first kappa shape index (κ1) is 18.1. The van der Waals surface area contributed by atoms with Gasteiger partial charge in [0.1, 0.15) is 11.5 Å². The maximum Gasteiger partial charge on any atom is 0.270 e. The lowest BCUT2D eigenvalue weighted by atomic mass is 10.1. The molecular formula is C20H19ClFN3O. The third kappa shape index (κ3) is 3.78. The van der Waals surface area contributed by atoms with Gasteiger partial charge in [0.15, 0.2) is 0 Å². The first-order chi connectivity index (χ1) is 12.5. The number of rotatable bonds is 5. The first-order valence-corrected chi connectivity index (χ1v) is 8.79. The van der Waals surface area contributed by atoms with Crippen LogP contribution in [0.1, 0.15) is 30.8 Å². The molecule has 0 radical (unpaired) electrons. The lowest BCUT2D eigenvalue weighted by Crippen LogP contribution is -2.33. The quantitative estimate of drug-likeness (QED) is 0.696. The number of amides is 1. The van der Waals surface area contributed by atoms with E-state index in [1.54, 1.807) is 48.5 Å². The van der Waals surface area contributed by atoms with E-state index < -0.39 is 0 Å². The van der Waals surface area contributed by atoms with Crippen molar-refractivity contribution in [1.29, 1.82) is 0 Å². The predicted molar refractivity (Wildman–Crippen MR) is 101 cm³/mol. The van der Waals surface area contributed by atoms with E-state index in [2.05, 4.69) is 10.4 Å². The summed E-state index contributed by atoms with van der Waals surface area (Å²) in [6.07, 6.45) is 0.807. The monoisotopic (exact) mass is 371 g/mol. The topological polar surface area (TPSA) is 46.9 Å². The van der Waals surface area contributed by atoms with E-state index in [1.165, 1.54) is 10.7 Å². The van der Waals surface area contributed by atoms with E-state index in [9.17, 15) is 9.18 Å². The van der Waals surface area contributed by atoms with Crippen molar-refractivity contribution in [3.63, 3.8) is 0 Å². The molecule has 1 heterocycles. The standard InChI is InChI=1S/C20H19ClFN3O/c1-3-13(2)23-20(26)19-12-18(16-6-4-5-7-17(16)22)24-25(19)15-10-8-14(21)9-11-15/h4-13H,3H2,1-2H3,(H,23,26)/t13-/m0/s1. The smallest absolute Gasteiger partial charge is 0.270 e. The molecule has 2 aromatic carbocycles. The van der Waals surface area contributed by atoms with E-state index in [-0.39, 0.29) is 17.8 Å². The number of halogens is 2. The largest absolute Gasteiger partial charge is 0.348 e. The number of carbonyl (C=O) groups is 1. The fraction of sp³-hybridized carbons (Fsp3) is 0.200. The van der Waals surface area contributed by atoms with Gasteiger partial charge in [-0.3, -0.25) is 4.79 Å². The van der Waals surface area contributed by atoms with E-state index in [0.717, 1.165) is 6.42 Å². The van der Waals surface area contributed by atoms with Crippen molar-refractivity contribution in [2.75, 3.05) is 0 Å². The minimum Gasteiger partial charge on any atom is -0.348 e. The van der Waals surface area contributed by atoms with Gasteiger partial charge in [0.25, 0.3) is 5.91 Å². The summed E-state index contributed by atoms with van der Waals surface area (Å²) >= 11 is 5.95. The van der Waals surface area contributed by atoms with Crippen molar-refractivity contribution in [1.82, 2.24) is 15.1 Å². The van der Waals surface area contributed by atoms with Crippen LogP contribution in [0.4, 0.5) is 4.39 Å². The molecule has 3 rings (SSSR count). The number of carbonyl (C=O) groups excluding carboxylic acids is 1. The molecule has 0 unspecified atom stereocenters. The van der Waals surface area contributed by atoms with Gasteiger partial charge in [0.05, 0.1) is 11.4 Å². The van der Waals surface area contributed by atoms with Crippen LogP contribution in [0.5, 0.6) is 0 Å². The second-order valence-corrected chi connectivity index (χ2v) is 6.50. The molecule has 1 atom stereocenters. The summed E-state index contributed by atoms with van der Waals surface area (Å²) in [6.45, 7) is 3.92. The fourth-order valence-corrected chi connectivity index (χ4v) is 2.65. The molecule has 0 saturated heterocycles. The molecule has 0 fully saturated rings. The molecule has 0 aliphatic rings. The average Bonchev–Trinajstić information content (AvgIpc) is 3.08. The zero-order valence-corrected chi connectivity index (χ0v) is 15.3. The van der Waals surface area contributed by atoms with Gasteiger partial charge in [-0.15, -0.1) is 0 Å². The number of nitrogens with one attached hydrogen (secondary N) is 1. The molecule has 4 nitrogen and oxygen atoms in total. The van der Waals surface area contributed by atoms with Crippen molar-refractivity contribution in [2.45, 2.75) is 26.3 Å². The van der Waals surface area contributed by atoms with E-state index >= 15 is 0 Å². The van der Waals surface area contributed by atoms with Gasteiger partial charge >= 0.3 is 0 Å². The van der Waals surface area contributed by atoms with Crippen LogP contribution in [0.3, 0.4) is 0 Å². The Balaban J connectivity index is 2.10. The Morgan fingerprint density at radius 2 is 1.92 bits per heavy atom. The minimum atomic E-state index is -0.387. The maximum absolute atomic E-state index is 14.2. The van der Waals surface area contributed by atoms with Crippen molar-refractivity contribution in [3.8, 4) is 16.9 Å². The average molecular weight is 372 g/mol. The van der Waals surface area contributed by atoms with Crippen LogP contribution in [0.15, 0.2) is 54.6 Å². The summed E-state index contributed by atoms with van der Waals surface area (Å²) in [5, 5.41) is 7.98. The molecule has 1 amide bonds. The van der Waals surface area contributed by atoms with Gasteiger partial charge in [-0.2, -0.15) is 5.10 Å². The lowest BCUT2D eigenvalue weighted by Gasteiger charge is -2.12. The van der Waals surface area contributed by atoms with Gasteiger partial charge in [-0.25, -0.2) is 9.07 Å². The molecule has 26 heavy (non-hydrogen) atoms. The van der Waals surface area contributed by atoms with Crippen LogP contribution < -0.4 is 5.32 Å². The van der Waals surface area contributed by atoms with E-state index in [1.807, 2.05) is 13.8 Å². The van der Waals surface area contributed by atoms with Crippen LogP contribution in [-0.2, 0) is 0 Å². The molecule has 0 spiro atoms. The Bertz CT molecular complexity index is 921. The number of benzene rings is 2. The Kier molecular flexibility index (Phi) is 5.38. The Labute approximate surface area is 156 Å². The second-order valence-electron chi connectivity index (χ2n) is 6.07. The van der Waals surface area contributed by atoms with Gasteiger partial charge < -0.3 is 5.32 Å². The molecule has 134 valence electrons. The van der Waals surface area contributed by atoms with Gasteiger partial charge in [0, 0.05) is 16.6 Å². The van der Waals surface area contributed by atoms with E-state index in [4.69, 9.17) is 11.6 Å². The third-order valence-corrected chi connectivity index (χ3v) is 4.40. The number of nitrogens with zero attached hydrogens (tertiary/aromatic N) is 2.